The van der Waals surface area contributed by atoms with Gasteiger partial charge in [-0.25, -0.2) is 0 Å². The second kappa shape index (κ2) is 4.40. The van der Waals surface area contributed by atoms with Crippen LogP contribution in [0.15, 0.2) is 25.0 Å². The number of ether oxygens (including phenoxy) is 1. The molecule has 0 atom stereocenters. The van der Waals surface area contributed by atoms with Crippen LogP contribution in [0, 0.1) is 0 Å². The first-order valence-corrected chi connectivity index (χ1v) is 2.42. The minimum absolute atomic E-state index is 0.383. The fourth-order valence-corrected chi connectivity index (χ4v) is 0.236. The van der Waals surface area contributed by atoms with Crippen LogP contribution in [0.25, 0.3) is 0 Å². The van der Waals surface area contributed by atoms with Crippen molar-refractivity contribution in [3.63, 3.8) is 0 Å². The molecule has 0 aromatic rings. The van der Waals surface area contributed by atoms with E-state index in [9.17, 15) is 0 Å². The van der Waals surface area contributed by atoms with Crippen molar-refractivity contribution in [2.75, 3.05) is 13.2 Å². The SMILES string of the molecule is C=CCOC(=C)CN. The van der Waals surface area contributed by atoms with Gasteiger partial charge in [-0.2, -0.15) is 0 Å². The summed E-state index contributed by atoms with van der Waals surface area (Å²) in [6, 6.07) is 0. The zero-order chi connectivity index (χ0) is 6.41. The van der Waals surface area contributed by atoms with E-state index in [0.717, 1.165) is 0 Å². The lowest BCUT2D eigenvalue weighted by Gasteiger charge is -2.01. The van der Waals surface area contributed by atoms with Crippen molar-refractivity contribution in [3.8, 4) is 0 Å². The highest BCUT2D eigenvalue weighted by molar-refractivity contribution is 4.84. The van der Waals surface area contributed by atoms with Gasteiger partial charge in [0, 0.05) is 0 Å². The summed E-state index contributed by atoms with van der Waals surface area (Å²) in [5.74, 6) is 0.602. The molecule has 46 valence electrons. The third kappa shape index (κ3) is 3.43. The molecule has 2 nitrogen and oxygen atoms in total. The first-order chi connectivity index (χ1) is 3.81. The Hall–Kier alpha value is -0.760. The molecule has 0 aliphatic heterocycles. The van der Waals surface area contributed by atoms with Crippen molar-refractivity contribution < 1.29 is 4.74 Å². The molecule has 0 fully saturated rings. The average Bonchev–Trinajstić information content (AvgIpc) is 1.83. The summed E-state index contributed by atoms with van der Waals surface area (Å²) in [6.07, 6.45) is 1.65. The summed E-state index contributed by atoms with van der Waals surface area (Å²) >= 11 is 0. The highest BCUT2D eigenvalue weighted by atomic mass is 16.5. The molecule has 0 unspecified atom stereocenters. The van der Waals surface area contributed by atoms with E-state index in [4.69, 9.17) is 10.5 Å². The van der Waals surface area contributed by atoms with Crippen molar-refractivity contribution >= 4 is 0 Å². The van der Waals surface area contributed by atoms with Crippen LogP contribution in [-0.2, 0) is 4.74 Å². The molecule has 0 saturated carbocycles. The first-order valence-electron chi connectivity index (χ1n) is 2.42. The van der Waals surface area contributed by atoms with Crippen LogP contribution >= 0.6 is 0 Å². The smallest absolute Gasteiger partial charge is 0.106 e. The van der Waals surface area contributed by atoms with E-state index < -0.39 is 0 Å². The normalized spacial score (nSPS) is 8.12. The van der Waals surface area contributed by atoms with Gasteiger partial charge >= 0.3 is 0 Å². The maximum atomic E-state index is 5.15. The van der Waals surface area contributed by atoms with Crippen LogP contribution in [0.1, 0.15) is 0 Å². The van der Waals surface area contributed by atoms with E-state index in [1.807, 2.05) is 0 Å². The molecule has 0 aromatic carbocycles. The monoisotopic (exact) mass is 113 g/mol. The average molecular weight is 113 g/mol. The van der Waals surface area contributed by atoms with Gasteiger partial charge in [-0.3, -0.25) is 0 Å². The predicted molar refractivity (Wildman–Crippen MR) is 34.3 cm³/mol. The molecule has 0 saturated heterocycles. The Morgan fingerprint density at radius 3 is 2.75 bits per heavy atom. The predicted octanol–water partition coefficient (Wildman–Crippen LogP) is 0.661. The largest absolute Gasteiger partial charge is 0.493 e. The van der Waals surface area contributed by atoms with Gasteiger partial charge in [-0.1, -0.05) is 19.2 Å². The van der Waals surface area contributed by atoms with Gasteiger partial charge in [0.2, 0.25) is 0 Å². The van der Waals surface area contributed by atoms with Gasteiger partial charge in [-0.15, -0.1) is 0 Å². The van der Waals surface area contributed by atoms with Crippen molar-refractivity contribution in [3.05, 3.63) is 25.0 Å². The van der Waals surface area contributed by atoms with Crippen LogP contribution in [0.3, 0.4) is 0 Å². The summed E-state index contributed by atoms with van der Waals surface area (Å²) in [4.78, 5) is 0. The van der Waals surface area contributed by atoms with Gasteiger partial charge in [0.25, 0.3) is 0 Å². The van der Waals surface area contributed by atoms with Crippen LogP contribution in [0.2, 0.25) is 0 Å². The molecule has 2 N–H and O–H groups in total. The Balaban J connectivity index is 3.11. The fraction of sp³-hybridized carbons (Fsp3) is 0.333. The lowest BCUT2D eigenvalue weighted by molar-refractivity contribution is 0.246. The van der Waals surface area contributed by atoms with Gasteiger partial charge in [0.1, 0.15) is 12.4 Å². The number of rotatable bonds is 4. The fourth-order valence-electron chi connectivity index (χ4n) is 0.236. The van der Waals surface area contributed by atoms with E-state index in [2.05, 4.69) is 13.2 Å². The lowest BCUT2D eigenvalue weighted by Crippen LogP contribution is -2.04. The molecule has 0 aromatic heterocycles. The second-order valence-electron chi connectivity index (χ2n) is 1.34. The number of hydrogen-bond donors (Lipinski definition) is 1. The first kappa shape index (κ1) is 7.24. The molecule has 8 heavy (non-hydrogen) atoms. The van der Waals surface area contributed by atoms with Crippen LogP contribution < -0.4 is 5.73 Å². The van der Waals surface area contributed by atoms with Crippen LogP contribution in [-0.4, -0.2) is 13.2 Å². The number of hydrogen-bond acceptors (Lipinski definition) is 2. The minimum Gasteiger partial charge on any atom is -0.493 e. The molecule has 0 heterocycles. The van der Waals surface area contributed by atoms with E-state index >= 15 is 0 Å². The second-order valence-corrected chi connectivity index (χ2v) is 1.34. The molecule has 0 rings (SSSR count). The Morgan fingerprint density at radius 2 is 2.38 bits per heavy atom. The van der Waals surface area contributed by atoms with Crippen LogP contribution in [0.5, 0.6) is 0 Å². The molecule has 0 bridgehead atoms. The quantitative estimate of drug-likeness (QED) is 0.429. The Bertz CT molecular complexity index is 88.5. The molecule has 2 heteroatoms. The third-order valence-corrected chi connectivity index (χ3v) is 0.633. The van der Waals surface area contributed by atoms with Gasteiger partial charge in [0.05, 0.1) is 6.54 Å². The zero-order valence-corrected chi connectivity index (χ0v) is 4.89. The standard InChI is InChI=1S/C6H11NO/c1-3-4-8-6(2)5-7/h3H,1-2,4-5,7H2. The molecule has 0 amide bonds. The molecule has 0 radical (unpaired) electrons. The zero-order valence-electron chi connectivity index (χ0n) is 4.89. The third-order valence-electron chi connectivity index (χ3n) is 0.633. The lowest BCUT2D eigenvalue weighted by atomic mass is 10.5. The Labute approximate surface area is 49.6 Å². The summed E-state index contributed by atoms with van der Waals surface area (Å²) in [5, 5.41) is 0. The van der Waals surface area contributed by atoms with Gasteiger partial charge < -0.3 is 10.5 Å². The minimum atomic E-state index is 0.383. The highest BCUT2D eigenvalue weighted by Gasteiger charge is 1.83. The summed E-state index contributed by atoms with van der Waals surface area (Å²) in [7, 11) is 0. The maximum absolute atomic E-state index is 5.15. The Morgan fingerprint density at radius 1 is 1.75 bits per heavy atom. The summed E-state index contributed by atoms with van der Waals surface area (Å²) in [5.41, 5.74) is 5.15. The summed E-state index contributed by atoms with van der Waals surface area (Å²) < 4.78 is 4.90. The highest BCUT2D eigenvalue weighted by Crippen LogP contribution is 1.87. The van der Waals surface area contributed by atoms with E-state index in [1.54, 1.807) is 6.08 Å². The van der Waals surface area contributed by atoms with Gasteiger partial charge in [-0.05, 0) is 0 Å². The number of nitrogens with two attached hydrogens (primary N) is 1. The maximum Gasteiger partial charge on any atom is 0.106 e. The Kier molecular flexibility index (Phi) is 3.98. The van der Waals surface area contributed by atoms with E-state index in [0.29, 0.717) is 18.9 Å². The van der Waals surface area contributed by atoms with Crippen molar-refractivity contribution in [1.29, 1.82) is 0 Å². The molecule has 0 aliphatic carbocycles. The van der Waals surface area contributed by atoms with E-state index in [1.165, 1.54) is 0 Å². The molecular formula is C6H11NO. The molecule has 0 aliphatic rings. The molecule has 0 spiro atoms. The van der Waals surface area contributed by atoms with Gasteiger partial charge in [0.15, 0.2) is 0 Å². The van der Waals surface area contributed by atoms with Crippen LogP contribution in [0.4, 0.5) is 0 Å². The summed E-state index contributed by atoms with van der Waals surface area (Å²) in [6.45, 7) is 7.85. The van der Waals surface area contributed by atoms with E-state index in [-0.39, 0.29) is 0 Å². The van der Waals surface area contributed by atoms with Crippen molar-refractivity contribution in [1.82, 2.24) is 0 Å². The molecular weight excluding hydrogens is 102 g/mol. The topological polar surface area (TPSA) is 35.2 Å². The van der Waals surface area contributed by atoms with Crippen molar-refractivity contribution in [2.24, 2.45) is 5.73 Å². The van der Waals surface area contributed by atoms with Crippen molar-refractivity contribution in [2.45, 2.75) is 0 Å².